The van der Waals surface area contributed by atoms with E-state index in [2.05, 4.69) is 20.6 Å². The predicted molar refractivity (Wildman–Crippen MR) is 165 cm³/mol. The highest BCUT2D eigenvalue weighted by Crippen LogP contribution is 2.31. The molecule has 4 atom stereocenters. The number of carbonyl (C=O) groups is 1. The van der Waals surface area contributed by atoms with Gasteiger partial charge in [-0.2, -0.15) is 15.0 Å². The Bertz CT molecular complexity index is 1370. The quantitative estimate of drug-likeness (QED) is 0.181. The number of rotatable bonds is 6. The van der Waals surface area contributed by atoms with Gasteiger partial charge in [0.15, 0.2) is 0 Å². The van der Waals surface area contributed by atoms with Crippen LogP contribution in [0, 0.1) is 0 Å². The van der Waals surface area contributed by atoms with Crippen molar-refractivity contribution in [2.45, 2.75) is 37.0 Å². The van der Waals surface area contributed by atoms with Gasteiger partial charge in [-0.25, -0.2) is 0 Å². The number of phenols is 2. The number of halogens is 2. The van der Waals surface area contributed by atoms with E-state index in [1.807, 2.05) is 9.80 Å². The fraction of sp³-hybridized carbons (Fsp3) is 0.385. The molecule has 1 amide bonds. The third-order valence-corrected chi connectivity index (χ3v) is 7.15. The van der Waals surface area contributed by atoms with Crippen molar-refractivity contribution in [3.63, 3.8) is 0 Å². The Morgan fingerprint density at radius 1 is 0.810 bits per heavy atom. The topological polar surface area (TPSA) is 231 Å². The zero-order chi connectivity index (χ0) is 29.3. The Morgan fingerprint density at radius 2 is 1.36 bits per heavy atom. The van der Waals surface area contributed by atoms with Crippen LogP contribution in [0.3, 0.4) is 0 Å². The lowest BCUT2D eigenvalue weighted by Gasteiger charge is -2.37. The molecule has 226 valence electrons. The first-order chi connectivity index (χ1) is 19.5. The first kappa shape index (κ1) is 31.3. The summed E-state index contributed by atoms with van der Waals surface area (Å²) in [5.74, 6) is -0.0534. The summed E-state index contributed by atoms with van der Waals surface area (Å²) in [5.41, 5.74) is 25.4. The van der Waals surface area contributed by atoms with E-state index in [-0.39, 0.29) is 70.3 Å². The number of nitrogens with zero attached hydrogens (tertiary/aromatic N) is 5. The van der Waals surface area contributed by atoms with Gasteiger partial charge in [0, 0.05) is 67.1 Å². The van der Waals surface area contributed by atoms with Gasteiger partial charge >= 0.3 is 0 Å². The highest BCUT2D eigenvalue weighted by atomic mass is 35.5. The van der Waals surface area contributed by atoms with Gasteiger partial charge in [-0.15, -0.1) is 12.4 Å². The van der Waals surface area contributed by atoms with Crippen LogP contribution in [0.2, 0.25) is 5.02 Å². The fourth-order valence-corrected chi connectivity index (χ4v) is 5.27. The summed E-state index contributed by atoms with van der Waals surface area (Å²) >= 11 is 5.95. The van der Waals surface area contributed by atoms with Crippen LogP contribution in [0.1, 0.15) is 23.2 Å². The van der Waals surface area contributed by atoms with E-state index in [1.54, 1.807) is 6.07 Å². The third kappa shape index (κ3) is 7.40. The van der Waals surface area contributed by atoms with Crippen molar-refractivity contribution in [3.05, 3.63) is 47.0 Å². The van der Waals surface area contributed by atoms with Crippen LogP contribution < -0.4 is 43.4 Å². The number of piperidine rings is 2. The number of aromatic nitrogens is 3. The van der Waals surface area contributed by atoms with Gasteiger partial charge in [-0.3, -0.25) is 4.79 Å². The summed E-state index contributed by atoms with van der Waals surface area (Å²) in [6.45, 7) is 2.14. The SMILES string of the molecule is Cl.N[C@@H]1C[C@H](N)CN(c2nc(Nc3ccc(NC(=O)c4cc(Cl)ccc4O)c(O)c3)nc(N3C[C@H](N)C[C@H](N)C3)n2)C1. The molecule has 12 N–H and O–H groups in total. The van der Waals surface area contributed by atoms with Crippen molar-refractivity contribution in [1.82, 2.24) is 15.0 Å². The molecule has 0 unspecified atom stereocenters. The second-order valence-electron chi connectivity index (χ2n) is 10.6. The number of nitrogens with one attached hydrogen (secondary N) is 2. The third-order valence-electron chi connectivity index (χ3n) is 6.91. The molecular formula is C26H35Cl2N11O3. The van der Waals surface area contributed by atoms with Gasteiger partial charge in [-0.05, 0) is 43.2 Å². The van der Waals surface area contributed by atoms with Crippen LogP contribution in [-0.4, -0.2) is 81.4 Å². The first-order valence-electron chi connectivity index (χ1n) is 13.2. The van der Waals surface area contributed by atoms with Crippen molar-refractivity contribution in [2.75, 3.05) is 46.6 Å². The second kappa shape index (κ2) is 13.1. The Morgan fingerprint density at radius 3 is 1.88 bits per heavy atom. The molecule has 0 spiro atoms. The van der Waals surface area contributed by atoms with Crippen LogP contribution >= 0.6 is 24.0 Å². The molecule has 5 rings (SSSR count). The highest BCUT2D eigenvalue weighted by molar-refractivity contribution is 6.31. The standard InChI is InChI=1S/C26H34ClN11O3.ClH/c27-13-1-4-21(39)19(5-13)23(41)33-20-3-2-18(8-22(20)40)32-24-34-25(37-9-14(28)6-15(29)10-37)36-26(35-24)38-11-16(30)7-17(31)12-38;/h1-5,8,14-17,39-40H,6-7,9-12,28-31H2,(H,33,41)(H,32,34,35,36);1H/t14-,15+,16-,17+;. The van der Waals surface area contributed by atoms with E-state index in [0.29, 0.717) is 56.6 Å². The number of nitrogens with two attached hydrogens (primary N) is 4. The summed E-state index contributed by atoms with van der Waals surface area (Å²) < 4.78 is 0. The summed E-state index contributed by atoms with van der Waals surface area (Å²) in [4.78, 5) is 30.4. The Hall–Kier alpha value is -3.66. The zero-order valence-corrected chi connectivity index (χ0v) is 24.2. The lowest BCUT2D eigenvalue weighted by atomic mass is 10.0. The van der Waals surface area contributed by atoms with Gasteiger partial charge in [-0.1, -0.05) is 11.6 Å². The summed E-state index contributed by atoms with van der Waals surface area (Å²) in [7, 11) is 0. The van der Waals surface area contributed by atoms with E-state index in [1.165, 1.54) is 30.3 Å². The molecular weight excluding hydrogens is 585 g/mol. The number of benzene rings is 2. The van der Waals surface area contributed by atoms with Gasteiger partial charge in [0.1, 0.15) is 11.5 Å². The van der Waals surface area contributed by atoms with Crippen molar-refractivity contribution in [2.24, 2.45) is 22.9 Å². The minimum absolute atomic E-state index is 0. The molecule has 14 nitrogen and oxygen atoms in total. The maximum Gasteiger partial charge on any atom is 0.259 e. The molecule has 42 heavy (non-hydrogen) atoms. The molecule has 3 heterocycles. The normalized spacial score (nSPS) is 22.3. The van der Waals surface area contributed by atoms with Crippen LogP contribution in [-0.2, 0) is 0 Å². The van der Waals surface area contributed by atoms with Gasteiger partial charge in [0.25, 0.3) is 5.91 Å². The van der Waals surface area contributed by atoms with Crippen molar-refractivity contribution >= 4 is 59.1 Å². The lowest BCUT2D eigenvalue weighted by molar-refractivity contribution is 0.102. The molecule has 2 aliphatic heterocycles. The number of anilines is 5. The van der Waals surface area contributed by atoms with E-state index < -0.39 is 5.91 Å². The van der Waals surface area contributed by atoms with E-state index in [9.17, 15) is 15.0 Å². The molecule has 1 aromatic heterocycles. The second-order valence-corrected chi connectivity index (χ2v) is 11.0. The van der Waals surface area contributed by atoms with Crippen molar-refractivity contribution in [1.29, 1.82) is 0 Å². The molecule has 0 radical (unpaired) electrons. The number of hydrogen-bond donors (Lipinski definition) is 8. The molecule has 2 saturated heterocycles. The van der Waals surface area contributed by atoms with E-state index in [0.717, 1.165) is 0 Å². The molecule has 3 aromatic rings. The molecule has 0 saturated carbocycles. The van der Waals surface area contributed by atoms with Crippen LogP contribution in [0.5, 0.6) is 11.5 Å². The highest BCUT2D eigenvalue weighted by Gasteiger charge is 2.29. The Kier molecular flexibility index (Phi) is 9.76. The number of phenolic OH excluding ortho intramolecular Hbond substituents is 2. The summed E-state index contributed by atoms with van der Waals surface area (Å²) in [6.07, 6.45) is 1.41. The van der Waals surface area contributed by atoms with Crippen molar-refractivity contribution in [3.8, 4) is 11.5 Å². The summed E-state index contributed by atoms with van der Waals surface area (Å²) in [6, 6.07) is 8.17. The average Bonchev–Trinajstić information content (AvgIpc) is 2.90. The van der Waals surface area contributed by atoms with Gasteiger partial charge in [0.2, 0.25) is 17.8 Å². The van der Waals surface area contributed by atoms with Crippen LogP contribution in [0.25, 0.3) is 0 Å². The smallest absolute Gasteiger partial charge is 0.259 e. The fourth-order valence-electron chi connectivity index (χ4n) is 5.10. The number of aromatic hydroxyl groups is 2. The number of amides is 1. The largest absolute Gasteiger partial charge is 0.507 e. The Balaban J connectivity index is 0.00000405. The van der Waals surface area contributed by atoms with E-state index >= 15 is 0 Å². The zero-order valence-electron chi connectivity index (χ0n) is 22.7. The number of hydrogen-bond acceptors (Lipinski definition) is 13. The maximum absolute atomic E-state index is 12.7. The average molecular weight is 621 g/mol. The predicted octanol–water partition coefficient (Wildman–Crippen LogP) is 1.08. The first-order valence-corrected chi connectivity index (χ1v) is 13.6. The molecule has 2 aromatic carbocycles. The number of carbonyl (C=O) groups excluding carboxylic acids is 1. The molecule has 0 aliphatic carbocycles. The van der Waals surface area contributed by atoms with E-state index in [4.69, 9.17) is 39.5 Å². The summed E-state index contributed by atoms with van der Waals surface area (Å²) in [5, 5.41) is 26.6. The molecule has 0 bridgehead atoms. The lowest BCUT2D eigenvalue weighted by Crippen LogP contribution is -2.54. The minimum Gasteiger partial charge on any atom is -0.507 e. The van der Waals surface area contributed by atoms with Gasteiger partial charge < -0.3 is 53.6 Å². The van der Waals surface area contributed by atoms with Crippen LogP contribution in [0.4, 0.5) is 29.2 Å². The molecule has 2 aliphatic rings. The maximum atomic E-state index is 12.7. The molecule has 16 heteroatoms. The minimum atomic E-state index is -0.636. The monoisotopic (exact) mass is 619 g/mol. The molecule has 2 fully saturated rings. The Labute approximate surface area is 253 Å². The van der Waals surface area contributed by atoms with Crippen molar-refractivity contribution < 1.29 is 15.0 Å². The van der Waals surface area contributed by atoms with Crippen LogP contribution in [0.15, 0.2) is 36.4 Å². The van der Waals surface area contributed by atoms with Gasteiger partial charge in [0.05, 0.1) is 11.3 Å².